The number of rotatable bonds is 8. The number of hydrogen-bond donors (Lipinski definition) is 0. The smallest absolute Gasteiger partial charge is 0.306 e. The van der Waals surface area contributed by atoms with E-state index in [9.17, 15) is 9.59 Å². The van der Waals surface area contributed by atoms with Gasteiger partial charge in [0.05, 0.1) is 12.8 Å². The molecule has 126 valence electrons. The molecule has 2 aromatic rings. The molecule has 24 heavy (non-hydrogen) atoms. The molecule has 0 amide bonds. The Labute approximate surface area is 142 Å². The van der Waals surface area contributed by atoms with E-state index >= 15 is 0 Å². The Bertz CT molecular complexity index is 718. The molecule has 0 N–H and O–H groups in total. The van der Waals surface area contributed by atoms with Crippen molar-refractivity contribution in [3.8, 4) is 0 Å². The van der Waals surface area contributed by atoms with Crippen LogP contribution in [0, 0.1) is 0 Å². The van der Waals surface area contributed by atoms with Gasteiger partial charge in [0.15, 0.2) is 0 Å². The maximum atomic E-state index is 11.7. The normalized spacial score (nSPS) is 10.9. The second-order valence-electron chi connectivity index (χ2n) is 5.40. The SMILES string of the molecule is CC/C=C\COC(=O)CCC(=O)OCc1ccc2ccccc2c1. The summed E-state index contributed by atoms with van der Waals surface area (Å²) in [4.78, 5) is 23.2. The van der Waals surface area contributed by atoms with Crippen molar-refractivity contribution in [3.63, 3.8) is 0 Å². The Balaban J connectivity index is 1.72. The first-order chi connectivity index (χ1) is 11.7. The average molecular weight is 326 g/mol. The van der Waals surface area contributed by atoms with Crippen molar-refractivity contribution < 1.29 is 19.1 Å². The third kappa shape index (κ3) is 5.88. The lowest BCUT2D eigenvalue weighted by atomic mass is 10.1. The van der Waals surface area contributed by atoms with Gasteiger partial charge < -0.3 is 9.47 Å². The van der Waals surface area contributed by atoms with E-state index < -0.39 is 11.9 Å². The average Bonchev–Trinajstić information content (AvgIpc) is 2.61. The van der Waals surface area contributed by atoms with Crippen molar-refractivity contribution >= 4 is 22.7 Å². The molecule has 0 aromatic heterocycles. The highest BCUT2D eigenvalue weighted by atomic mass is 16.5. The third-order valence-electron chi connectivity index (χ3n) is 3.49. The summed E-state index contributed by atoms with van der Waals surface area (Å²) in [5, 5.41) is 2.25. The highest BCUT2D eigenvalue weighted by Crippen LogP contribution is 2.16. The van der Waals surface area contributed by atoms with Crippen LogP contribution in [0.3, 0.4) is 0 Å². The first kappa shape index (κ1) is 17.7. The van der Waals surface area contributed by atoms with Crippen molar-refractivity contribution in [2.24, 2.45) is 0 Å². The predicted molar refractivity (Wildman–Crippen MR) is 93.4 cm³/mol. The largest absolute Gasteiger partial charge is 0.461 e. The Hall–Kier alpha value is -2.62. The molecule has 0 bridgehead atoms. The molecule has 2 rings (SSSR count). The monoisotopic (exact) mass is 326 g/mol. The maximum Gasteiger partial charge on any atom is 0.306 e. The zero-order valence-electron chi connectivity index (χ0n) is 13.9. The summed E-state index contributed by atoms with van der Waals surface area (Å²) in [6.45, 7) is 2.46. The molecule has 2 aromatic carbocycles. The number of benzene rings is 2. The zero-order valence-corrected chi connectivity index (χ0v) is 13.9. The van der Waals surface area contributed by atoms with Crippen LogP contribution in [0.1, 0.15) is 31.7 Å². The van der Waals surface area contributed by atoms with Gasteiger partial charge in [-0.15, -0.1) is 0 Å². The summed E-state index contributed by atoms with van der Waals surface area (Å²) >= 11 is 0. The van der Waals surface area contributed by atoms with Crippen molar-refractivity contribution in [2.75, 3.05) is 6.61 Å². The standard InChI is InChI=1S/C20H22O4/c1-2-3-6-13-23-19(21)11-12-20(22)24-15-16-9-10-17-7-4-5-8-18(17)14-16/h3-10,14H,2,11-13,15H2,1H3/b6-3-. The van der Waals surface area contributed by atoms with Gasteiger partial charge in [0.1, 0.15) is 13.2 Å². The van der Waals surface area contributed by atoms with Crippen molar-refractivity contribution in [1.29, 1.82) is 0 Å². The van der Waals surface area contributed by atoms with Crippen molar-refractivity contribution in [2.45, 2.75) is 32.8 Å². The second-order valence-corrected chi connectivity index (χ2v) is 5.40. The van der Waals surface area contributed by atoms with Crippen molar-refractivity contribution in [1.82, 2.24) is 0 Å². The van der Waals surface area contributed by atoms with Gasteiger partial charge in [0, 0.05) is 0 Å². The third-order valence-corrected chi connectivity index (χ3v) is 3.49. The van der Waals surface area contributed by atoms with Crippen molar-refractivity contribution in [3.05, 3.63) is 60.2 Å². The number of carbonyl (C=O) groups is 2. The van der Waals surface area contributed by atoms with Gasteiger partial charge in [0.25, 0.3) is 0 Å². The van der Waals surface area contributed by atoms with E-state index in [-0.39, 0.29) is 26.1 Å². The van der Waals surface area contributed by atoms with Crippen LogP contribution in [0.25, 0.3) is 10.8 Å². The predicted octanol–water partition coefficient (Wildman–Crippen LogP) is 4.17. The number of fused-ring (bicyclic) bond motifs is 1. The molecule has 0 heterocycles. The van der Waals surface area contributed by atoms with E-state index in [1.807, 2.05) is 55.5 Å². The molecule has 0 saturated heterocycles. The van der Waals surface area contributed by atoms with Crippen LogP contribution in [-0.2, 0) is 25.7 Å². The molecule has 0 fully saturated rings. The second kappa shape index (κ2) is 9.50. The molecular weight excluding hydrogens is 304 g/mol. The molecular formula is C20H22O4. The van der Waals surface area contributed by atoms with Crippen LogP contribution >= 0.6 is 0 Å². The lowest BCUT2D eigenvalue weighted by Crippen LogP contribution is -2.10. The van der Waals surface area contributed by atoms with E-state index in [4.69, 9.17) is 9.47 Å². The Kier molecular flexibility index (Phi) is 7.02. The van der Waals surface area contributed by atoms with Gasteiger partial charge in [-0.3, -0.25) is 9.59 Å². The Morgan fingerprint density at radius 1 is 0.917 bits per heavy atom. The fraction of sp³-hybridized carbons (Fsp3) is 0.300. The summed E-state index contributed by atoms with van der Waals surface area (Å²) in [5.74, 6) is -0.789. The van der Waals surface area contributed by atoms with Gasteiger partial charge in [-0.1, -0.05) is 55.5 Å². The summed E-state index contributed by atoms with van der Waals surface area (Å²) in [6, 6.07) is 13.9. The molecule has 0 aliphatic heterocycles. The topological polar surface area (TPSA) is 52.6 Å². The van der Waals surface area contributed by atoms with Gasteiger partial charge in [-0.05, 0) is 28.8 Å². The summed E-state index contributed by atoms with van der Waals surface area (Å²) < 4.78 is 10.2. The van der Waals surface area contributed by atoms with Crippen LogP contribution < -0.4 is 0 Å². The van der Waals surface area contributed by atoms with E-state index in [0.29, 0.717) is 0 Å². The zero-order chi connectivity index (χ0) is 17.2. The van der Waals surface area contributed by atoms with Crippen LogP contribution in [0.2, 0.25) is 0 Å². The van der Waals surface area contributed by atoms with E-state index in [0.717, 1.165) is 22.8 Å². The highest BCUT2D eigenvalue weighted by Gasteiger charge is 2.09. The van der Waals surface area contributed by atoms with Gasteiger partial charge in [-0.2, -0.15) is 0 Å². The molecule has 0 unspecified atom stereocenters. The Morgan fingerprint density at radius 3 is 2.38 bits per heavy atom. The number of ether oxygens (including phenoxy) is 2. The molecule has 0 saturated carbocycles. The highest BCUT2D eigenvalue weighted by molar-refractivity contribution is 5.83. The molecule has 0 aliphatic carbocycles. The van der Waals surface area contributed by atoms with Gasteiger partial charge in [-0.25, -0.2) is 0 Å². The number of hydrogen-bond acceptors (Lipinski definition) is 4. The maximum absolute atomic E-state index is 11.7. The summed E-state index contributed by atoms with van der Waals surface area (Å²) in [6.07, 6.45) is 4.68. The Morgan fingerprint density at radius 2 is 1.62 bits per heavy atom. The van der Waals surface area contributed by atoms with Gasteiger partial charge >= 0.3 is 11.9 Å². The van der Waals surface area contributed by atoms with E-state index in [1.54, 1.807) is 6.08 Å². The van der Waals surface area contributed by atoms with Gasteiger partial charge in [0.2, 0.25) is 0 Å². The van der Waals surface area contributed by atoms with Crippen LogP contribution in [0.4, 0.5) is 0 Å². The minimum absolute atomic E-state index is 0.0317. The first-order valence-electron chi connectivity index (χ1n) is 8.13. The number of carbonyl (C=O) groups excluding carboxylic acids is 2. The molecule has 0 spiro atoms. The minimum Gasteiger partial charge on any atom is -0.461 e. The van der Waals surface area contributed by atoms with Crippen LogP contribution in [-0.4, -0.2) is 18.5 Å². The lowest BCUT2D eigenvalue weighted by Gasteiger charge is -2.06. The lowest BCUT2D eigenvalue weighted by molar-refractivity contribution is -0.150. The minimum atomic E-state index is -0.399. The fourth-order valence-corrected chi connectivity index (χ4v) is 2.22. The van der Waals surface area contributed by atoms with E-state index in [2.05, 4.69) is 0 Å². The molecule has 4 heteroatoms. The van der Waals surface area contributed by atoms with Crippen LogP contribution in [0.5, 0.6) is 0 Å². The number of esters is 2. The molecule has 0 aliphatic rings. The molecule has 0 radical (unpaired) electrons. The first-order valence-corrected chi connectivity index (χ1v) is 8.13. The molecule has 4 nitrogen and oxygen atoms in total. The molecule has 0 atom stereocenters. The number of allylic oxidation sites excluding steroid dienone is 1. The fourth-order valence-electron chi connectivity index (χ4n) is 2.22. The quantitative estimate of drug-likeness (QED) is 0.539. The van der Waals surface area contributed by atoms with Crippen LogP contribution in [0.15, 0.2) is 54.6 Å². The summed E-state index contributed by atoms with van der Waals surface area (Å²) in [7, 11) is 0. The van der Waals surface area contributed by atoms with E-state index in [1.165, 1.54) is 0 Å². The summed E-state index contributed by atoms with van der Waals surface area (Å²) in [5.41, 5.74) is 0.925.